The molecule has 0 saturated heterocycles. The van der Waals surface area contributed by atoms with E-state index in [4.69, 9.17) is 4.74 Å². The van der Waals surface area contributed by atoms with Crippen molar-refractivity contribution in [3.05, 3.63) is 47.4 Å². The van der Waals surface area contributed by atoms with E-state index in [1.165, 1.54) is 35.2 Å². The van der Waals surface area contributed by atoms with Gasteiger partial charge in [-0.2, -0.15) is 13.2 Å². The summed E-state index contributed by atoms with van der Waals surface area (Å²) in [4.78, 5) is 16.1. The molecule has 0 spiro atoms. The van der Waals surface area contributed by atoms with Crippen molar-refractivity contribution in [2.45, 2.75) is 13.1 Å². The summed E-state index contributed by atoms with van der Waals surface area (Å²) >= 11 is 1.17. The molecule has 4 aromatic heterocycles. The second kappa shape index (κ2) is 6.75. The topological polar surface area (TPSA) is 77.2 Å². The van der Waals surface area contributed by atoms with Crippen molar-refractivity contribution in [3.63, 3.8) is 0 Å². The largest absolute Gasteiger partial charge is 0.467 e. The molecule has 0 aliphatic rings. The minimum absolute atomic E-state index is 0.0959. The average molecular weight is 406 g/mol. The number of anilines is 2. The average Bonchev–Trinajstić information content (AvgIpc) is 3.27. The number of methoxy groups -OCH3 is 1. The van der Waals surface area contributed by atoms with Crippen molar-refractivity contribution in [1.29, 1.82) is 0 Å². The molecule has 0 saturated carbocycles. The molecule has 4 rings (SSSR count). The van der Waals surface area contributed by atoms with E-state index in [1.807, 2.05) is 0 Å². The number of nitrogens with one attached hydrogen (secondary N) is 1. The summed E-state index contributed by atoms with van der Waals surface area (Å²) < 4.78 is 47.1. The Kier molecular flexibility index (Phi) is 4.38. The first-order chi connectivity index (χ1) is 13.4. The van der Waals surface area contributed by atoms with Crippen LogP contribution in [0.4, 0.5) is 24.0 Å². The van der Waals surface area contributed by atoms with Crippen LogP contribution in [0, 0.1) is 6.92 Å². The molecule has 0 atom stereocenters. The number of hydrogen-bond donors (Lipinski definition) is 1. The SMILES string of the molecule is COc1ncc(Nc2nc(-c3c(C(F)(F)F)nc4c(C)cccn34)cs2)cn1. The molecule has 4 heterocycles. The summed E-state index contributed by atoms with van der Waals surface area (Å²) in [5, 5.41) is 4.92. The maximum atomic E-state index is 13.6. The Balaban J connectivity index is 1.75. The molecule has 7 nitrogen and oxygen atoms in total. The van der Waals surface area contributed by atoms with Gasteiger partial charge < -0.3 is 10.1 Å². The molecule has 0 aliphatic carbocycles. The van der Waals surface area contributed by atoms with Gasteiger partial charge in [-0.1, -0.05) is 6.07 Å². The van der Waals surface area contributed by atoms with E-state index < -0.39 is 11.9 Å². The van der Waals surface area contributed by atoms with Gasteiger partial charge in [-0.05, 0) is 18.6 Å². The highest BCUT2D eigenvalue weighted by molar-refractivity contribution is 7.14. The highest BCUT2D eigenvalue weighted by atomic mass is 32.1. The smallest absolute Gasteiger partial charge is 0.435 e. The van der Waals surface area contributed by atoms with Crippen molar-refractivity contribution in [2.24, 2.45) is 0 Å². The molecular formula is C17H13F3N6OS. The quantitative estimate of drug-likeness (QED) is 0.544. The lowest BCUT2D eigenvalue weighted by molar-refractivity contribution is -0.140. The molecule has 0 aliphatic heterocycles. The van der Waals surface area contributed by atoms with Crippen LogP contribution in [-0.2, 0) is 6.18 Å². The molecule has 1 N–H and O–H groups in total. The number of rotatable bonds is 4. The minimum Gasteiger partial charge on any atom is -0.467 e. The third kappa shape index (κ3) is 3.24. The van der Waals surface area contributed by atoms with E-state index in [-0.39, 0.29) is 23.0 Å². The van der Waals surface area contributed by atoms with Crippen LogP contribution < -0.4 is 10.1 Å². The zero-order valence-corrected chi connectivity index (χ0v) is 15.5. The Hall–Kier alpha value is -3.21. The second-order valence-corrected chi connectivity index (χ2v) is 6.67. The van der Waals surface area contributed by atoms with Crippen LogP contribution in [0.15, 0.2) is 36.1 Å². The number of nitrogens with zero attached hydrogens (tertiary/aromatic N) is 5. The van der Waals surface area contributed by atoms with Crippen LogP contribution in [0.1, 0.15) is 11.3 Å². The molecular weight excluding hydrogens is 393 g/mol. The van der Waals surface area contributed by atoms with Gasteiger partial charge in [0.1, 0.15) is 17.0 Å². The van der Waals surface area contributed by atoms with Gasteiger partial charge in [0.2, 0.25) is 0 Å². The molecule has 0 amide bonds. The van der Waals surface area contributed by atoms with Crippen molar-refractivity contribution in [3.8, 4) is 17.4 Å². The summed E-state index contributed by atoms with van der Waals surface area (Å²) in [5.74, 6) is 0. The lowest BCUT2D eigenvalue weighted by Gasteiger charge is -2.06. The van der Waals surface area contributed by atoms with Gasteiger partial charge in [0.15, 0.2) is 10.8 Å². The lowest BCUT2D eigenvalue weighted by Crippen LogP contribution is -2.08. The first kappa shape index (κ1) is 18.2. The Morgan fingerprint density at radius 1 is 1.18 bits per heavy atom. The highest BCUT2D eigenvalue weighted by Gasteiger charge is 2.39. The molecule has 0 unspecified atom stereocenters. The molecule has 144 valence electrons. The maximum Gasteiger partial charge on any atom is 0.435 e. The summed E-state index contributed by atoms with van der Waals surface area (Å²) in [6, 6.07) is 3.60. The van der Waals surface area contributed by atoms with Crippen molar-refractivity contribution in [2.75, 3.05) is 12.4 Å². The number of fused-ring (bicyclic) bond motifs is 1. The molecule has 0 fully saturated rings. The van der Waals surface area contributed by atoms with Crippen LogP contribution >= 0.6 is 11.3 Å². The molecule has 0 bridgehead atoms. The molecule has 0 radical (unpaired) electrons. The predicted molar refractivity (Wildman–Crippen MR) is 97.9 cm³/mol. The fourth-order valence-corrected chi connectivity index (χ4v) is 3.41. The number of aromatic nitrogens is 5. The van der Waals surface area contributed by atoms with Gasteiger partial charge in [0.05, 0.1) is 25.2 Å². The van der Waals surface area contributed by atoms with E-state index in [2.05, 4.69) is 25.3 Å². The number of thiazole rings is 1. The fourth-order valence-electron chi connectivity index (χ4n) is 2.70. The van der Waals surface area contributed by atoms with E-state index in [9.17, 15) is 13.2 Å². The third-order valence-corrected chi connectivity index (χ3v) is 4.68. The van der Waals surface area contributed by atoms with E-state index in [1.54, 1.807) is 30.6 Å². The summed E-state index contributed by atoms with van der Waals surface area (Å²) in [6.45, 7) is 1.71. The van der Waals surface area contributed by atoms with Crippen LogP contribution in [0.5, 0.6) is 6.01 Å². The van der Waals surface area contributed by atoms with E-state index >= 15 is 0 Å². The maximum absolute atomic E-state index is 13.6. The number of ether oxygens (including phenoxy) is 1. The number of halogens is 3. The highest BCUT2D eigenvalue weighted by Crippen LogP contribution is 2.38. The summed E-state index contributed by atoms with van der Waals surface area (Å²) in [6.07, 6.45) is -0.0737. The summed E-state index contributed by atoms with van der Waals surface area (Å²) in [7, 11) is 1.45. The first-order valence-electron chi connectivity index (χ1n) is 8.00. The van der Waals surface area contributed by atoms with Crippen molar-refractivity contribution >= 4 is 27.8 Å². The van der Waals surface area contributed by atoms with Gasteiger partial charge in [0, 0.05) is 11.6 Å². The Morgan fingerprint density at radius 2 is 1.93 bits per heavy atom. The van der Waals surface area contributed by atoms with Crippen LogP contribution in [0.25, 0.3) is 17.0 Å². The van der Waals surface area contributed by atoms with Gasteiger partial charge >= 0.3 is 12.2 Å². The number of hydrogen-bond acceptors (Lipinski definition) is 7. The number of pyridine rings is 1. The van der Waals surface area contributed by atoms with E-state index in [0.29, 0.717) is 16.4 Å². The second-order valence-electron chi connectivity index (χ2n) is 5.81. The van der Waals surface area contributed by atoms with Gasteiger partial charge in [-0.3, -0.25) is 4.40 Å². The number of alkyl halides is 3. The zero-order chi connectivity index (χ0) is 19.9. The van der Waals surface area contributed by atoms with Crippen LogP contribution in [-0.4, -0.2) is 31.4 Å². The normalized spacial score (nSPS) is 11.8. The van der Waals surface area contributed by atoms with Crippen LogP contribution in [0.2, 0.25) is 0 Å². The molecule has 4 aromatic rings. The monoisotopic (exact) mass is 406 g/mol. The molecule has 11 heteroatoms. The summed E-state index contributed by atoms with van der Waals surface area (Å²) in [5.41, 5.74) is 0.533. The number of aryl methyl sites for hydroxylation is 1. The standard InChI is InChI=1S/C17H13F3N6OS/c1-9-4-3-5-26-12(13(17(18,19)20)25-14(9)26)11-8-28-16(24-11)23-10-6-21-15(27-2)22-7-10/h3-8H,1-2H3,(H,23,24). The predicted octanol–water partition coefficient (Wildman–Crippen LogP) is 4.33. The van der Waals surface area contributed by atoms with Gasteiger partial charge in [-0.25, -0.2) is 19.9 Å². The first-order valence-corrected chi connectivity index (χ1v) is 8.88. The lowest BCUT2D eigenvalue weighted by atomic mass is 10.2. The molecule has 28 heavy (non-hydrogen) atoms. The van der Waals surface area contributed by atoms with Crippen LogP contribution in [0.3, 0.4) is 0 Å². The Labute approximate surface area is 160 Å². The Bertz CT molecular complexity index is 1140. The van der Waals surface area contributed by atoms with Crippen molar-refractivity contribution in [1.82, 2.24) is 24.3 Å². The number of imidazole rings is 1. The zero-order valence-electron chi connectivity index (χ0n) is 14.7. The fraction of sp³-hybridized carbons (Fsp3) is 0.176. The minimum atomic E-state index is -4.60. The Morgan fingerprint density at radius 3 is 2.61 bits per heavy atom. The third-order valence-electron chi connectivity index (χ3n) is 3.92. The van der Waals surface area contributed by atoms with Gasteiger partial charge in [0.25, 0.3) is 0 Å². The molecule has 0 aromatic carbocycles. The van der Waals surface area contributed by atoms with E-state index in [0.717, 1.165) is 0 Å². The van der Waals surface area contributed by atoms with Gasteiger partial charge in [-0.15, -0.1) is 11.3 Å². The van der Waals surface area contributed by atoms with Crippen molar-refractivity contribution < 1.29 is 17.9 Å².